The number of aromatic nitrogens is 1. The summed E-state index contributed by atoms with van der Waals surface area (Å²) in [5, 5.41) is 17.9. The summed E-state index contributed by atoms with van der Waals surface area (Å²) in [5.74, 6) is -0.0865. The highest BCUT2D eigenvalue weighted by Gasteiger charge is 2.18. The lowest BCUT2D eigenvalue weighted by molar-refractivity contribution is -0.384. The maximum Gasteiger partial charge on any atom is 0.340 e. The van der Waals surface area contributed by atoms with E-state index in [1.54, 1.807) is 13.0 Å². The van der Waals surface area contributed by atoms with Gasteiger partial charge in [0.15, 0.2) is 0 Å². The van der Waals surface area contributed by atoms with Gasteiger partial charge in [-0.2, -0.15) is 0 Å². The predicted octanol–water partition coefficient (Wildman–Crippen LogP) is 3.86. The number of nitro benzene ring substituents is 1. The van der Waals surface area contributed by atoms with Gasteiger partial charge in [0, 0.05) is 30.4 Å². The number of nitrogens with one attached hydrogen (secondary N) is 1. The lowest BCUT2D eigenvalue weighted by Crippen LogP contribution is -2.11. The molecule has 0 saturated heterocycles. The molecule has 0 saturated carbocycles. The Kier molecular flexibility index (Phi) is 5.46. The number of hydrogen-bond donors (Lipinski definition) is 1. The van der Waals surface area contributed by atoms with E-state index in [1.165, 1.54) is 18.2 Å². The van der Waals surface area contributed by atoms with Gasteiger partial charge < -0.3 is 14.6 Å². The first-order chi connectivity index (χ1) is 13.0. The Bertz CT molecular complexity index is 953. The van der Waals surface area contributed by atoms with Crippen LogP contribution in [0.3, 0.4) is 0 Å². The number of carbonyl (C=O) groups excluding carboxylic acids is 1. The van der Waals surface area contributed by atoms with E-state index in [2.05, 4.69) is 10.5 Å². The Morgan fingerprint density at radius 3 is 2.67 bits per heavy atom. The number of rotatable bonds is 7. The standard InChI is InChI=1S/C19H17N3O5/c1-13-9-15(21-27-13)12-26-19(23)17-10-16(22(24)25)7-8-18(17)20-11-14-5-3-2-4-6-14/h2-10,20H,11-12H2,1H3. The van der Waals surface area contributed by atoms with E-state index in [0.717, 1.165) is 5.56 Å². The highest BCUT2D eigenvalue weighted by atomic mass is 16.6. The van der Waals surface area contributed by atoms with Crippen LogP contribution in [0.5, 0.6) is 0 Å². The maximum atomic E-state index is 12.5. The highest BCUT2D eigenvalue weighted by Crippen LogP contribution is 2.24. The Morgan fingerprint density at radius 1 is 1.22 bits per heavy atom. The van der Waals surface area contributed by atoms with E-state index in [9.17, 15) is 14.9 Å². The van der Waals surface area contributed by atoms with Crippen LogP contribution in [0.15, 0.2) is 59.1 Å². The molecular formula is C19H17N3O5. The molecule has 8 nitrogen and oxygen atoms in total. The first-order valence-electron chi connectivity index (χ1n) is 8.18. The summed E-state index contributed by atoms with van der Waals surface area (Å²) >= 11 is 0. The van der Waals surface area contributed by atoms with Crippen molar-refractivity contribution in [1.29, 1.82) is 0 Å². The van der Waals surface area contributed by atoms with Gasteiger partial charge in [-0.05, 0) is 18.6 Å². The lowest BCUT2D eigenvalue weighted by atomic mass is 10.1. The van der Waals surface area contributed by atoms with Crippen molar-refractivity contribution in [2.45, 2.75) is 20.1 Å². The van der Waals surface area contributed by atoms with Gasteiger partial charge in [0.2, 0.25) is 0 Å². The van der Waals surface area contributed by atoms with E-state index in [4.69, 9.17) is 9.26 Å². The highest BCUT2D eigenvalue weighted by molar-refractivity contribution is 5.96. The van der Waals surface area contributed by atoms with Gasteiger partial charge in [-0.15, -0.1) is 0 Å². The Labute approximate surface area is 154 Å². The minimum absolute atomic E-state index is 0.0837. The van der Waals surface area contributed by atoms with Gasteiger partial charge in [-0.25, -0.2) is 4.79 Å². The topological polar surface area (TPSA) is 108 Å². The molecule has 1 aromatic heterocycles. The fourth-order valence-corrected chi connectivity index (χ4v) is 2.47. The van der Waals surface area contributed by atoms with Gasteiger partial charge in [-0.1, -0.05) is 35.5 Å². The second kappa shape index (κ2) is 8.13. The molecule has 8 heteroatoms. The number of ether oxygens (including phenoxy) is 1. The number of nitro groups is 1. The summed E-state index contributed by atoms with van der Waals surface area (Å²) < 4.78 is 10.2. The summed E-state index contributed by atoms with van der Waals surface area (Å²) in [7, 11) is 0. The number of hydrogen-bond acceptors (Lipinski definition) is 7. The molecule has 0 bridgehead atoms. The maximum absolute atomic E-state index is 12.5. The Morgan fingerprint density at radius 2 is 2.00 bits per heavy atom. The fourth-order valence-electron chi connectivity index (χ4n) is 2.47. The smallest absolute Gasteiger partial charge is 0.340 e. The largest absolute Gasteiger partial charge is 0.455 e. The number of nitrogens with zero attached hydrogens (tertiary/aromatic N) is 2. The predicted molar refractivity (Wildman–Crippen MR) is 97.2 cm³/mol. The van der Waals surface area contributed by atoms with E-state index in [1.807, 2.05) is 30.3 Å². The molecule has 3 aromatic rings. The third-order valence-corrected chi connectivity index (χ3v) is 3.79. The molecule has 1 N–H and O–H groups in total. The molecule has 0 aliphatic carbocycles. The number of non-ortho nitro benzene ring substituents is 1. The molecule has 0 aliphatic rings. The van der Waals surface area contributed by atoms with Crippen LogP contribution in [-0.2, 0) is 17.9 Å². The molecule has 27 heavy (non-hydrogen) atoms. The molecule has 2 aromatic carbocycles. The van der Waals surface area contributed by atoms with Crippen molar-refractivity contribution in [3.63, 3.8) is 0 Å². The van der Waals surface area contributed by atoms with Crippen LogP contribution in [0.2, 0.25) is 0 Å². The van der Waals surface area contributed by atoms with E-state index in [0.29, 0.717) is 23.7 Å². The second-order valence-corrected chi connectivity index (χ2v) is 5.83. The average molecular weight is 367 g/mol. The molecule has 0 fully saturated rings. The quantitative estimate of drug-likeness (QED) is 0.384. The summed E-state index contributed by atoms with van der Waals surface area (Å²) in [6.45, 7) is 2.10. The number of benzene rings is 2. The van der Waals surface area contributed by atoms with Crippen LogP contribution in [-0.4, -0.2) is 16.0 Å². The summed E-state index contributed by atoms with van der Waals surface area (Å²) in [6, 6.07) is 15.3. The van der Waals surface area contributed by atoms with E-state index in [-0.39, 0.29) is 17.9 Å². The van der Waals surface area contributed by atoms with Crippen LogP contribution < -0.4 is 5.32 Å². The normalized spacial score (nSPS) is 10.4. The molecule has 0 spiro atoms. The van der Waals surface area contributed by atoms with Crippen LogP contribution in [0.1, 0.15) is 27.4 Å². The third-order valence-electron chi connectivity index (χ3n) is 3.79. The van der Waals surface area contributed by atoms with Crippen molar-refractivity contribution in [1.82, 2.24) is 5.16 Å². The monoisotopic (exact) mass is 367 g/mol. The molecule has 0 aliphatic heterocycles. The van der Waals surface area contributed by atoms with Crippen molar-refractivity contribution in [2.75, 3.05) is 5.32 Å². The zero-order valence-corrected chi connectivity index (χ0v) is 14.5. The summed E-state index contributed by atoms with van der Waals surface area (Å²) in [5.41, 5.74) is 1.81. The van der Waals surface area contributed by atoms with Gasteiger partial charge in [0.1, 0.15) is 18.1 Å². The second-order valence-electron chi connectivity index (χ2n) is 5.83. The first-order valence-corrected chi connectivity index (χ1v) is 8.18. The average Bonchev–Trinajstić information content (AvgIpc) is 3.10. The minimum Gasteiger partial charge on any atom is -0.455 e. The summed E-state index contributed by atoms with van der Waals surface area (Å²) in [4.78, 5) is 23.0. The van der Waals surface area contributed by atoms with Gasteiger partial charge >= 0.3 is 5.97 Å². The number of esters is 1. The third kappa shape index (κ3) is 4.69. The van der Waals surface area contributed by atoms with Crippen molar-refractivity contribution >= 4 is 17.3 Å². The molecule has 0 atom stereocenters. The molecule has 1 heterocycles. The Hall–Kier alpha value is -3.68. The van der Waals surface area contributed by atoms with Crippen molar-refractivity contribution in [3.8, 4) is 0 Å². The fraction of sp³-hybridized carbons (Fsp3) is 0.158. The zero-order chi connectivity index (χ0) is 19.2. The molecule has 0 unspecified atom stereocenters. The van der Waals surface area contributed by atoms with Crippen LogP contribution in [0.4, 0.5) is 11.4 Å². The molecular weight excluding hydrogens is 350 g/mol. The van der Waals surface area contributed by atoms with Crippen LogP contribution in [0.25, 0.3) is 0 Å². The van der Waals surface area contributed by atoms with Crippen molar-refractivity contribution in [2.24, 2.45) is 0 Å². The SMILES string of the molecule is Cc1cc(COC(=O)c2cc([N+](=O)[O-])ccc2NCc2ccccc2)no1. The lowest BCUT2D eigenvalue weighted by Gasteiger charge is -2.11. The number of carbonyl (C=O) groups is 1. The van der Waals surface area contributed by atoms with Crippen molar-refractivity contribution < 1.29 is 19.0 Å². The van der Waals surface area contributed by atoms with E-state index >= 15 is 0 Å². The minimum atomic E-state index is -0.685. The Balaban J connectivity index is 1.78. The van der Waals surface area contributed by atoms with E-state index < -0.39 is 10.9 Å². The zero-order valence-electron chi connectivity index (χ0n) is 14.5. The van der Waals surface area contributed by atoms with Crippen molar-refractivity contribution in [3.05, 3.63) is 87.3 Å². The van der Waals surface area contributed by atoms with Gasteiger partial charge in [0.05, 0.1) is 10.5 Å². The van der Waals surface area contributed by atoms with Gasteiger partial charge in [-0.3, -0.25) is 10.1 Å². The van der Waals surface area contributed by atoms with Crippen LogP contribution in [0, 0.1) is 17.0 Å². The molecule has 138 valence electrons. The van der Waals surface area contributed by atoms with Crippen LogP contribution >= 0.6 is 0 Å². The molecule has 0 radical (unpaired) electrons. The molecule has 0 amide bonds. The number of aryl methyl sites for hydroxylation is 1. The first kappa shape index (κ1) is 18.1. The van der Waals surface area contributed by atoms with Gasteiger partial charge in [0.25, 0.3) is 5.69 Å². The number of anilines is 1. The summed E-state index contributed by atoms with van der Waals surface area (Å²) in [6.07, 6.45) is 0. The molecule has 3 rings (SSSR count).